The Balaban J connectivity index is 3.24. The van der Waals surface area contributed by atoms with Gasteiger partial charge in [-0.3, -0.25) is 0 Å². The van der Waals surface area contributed by atoms with Gasteiger partial charge in [0.1, 0.15) is 0 Å². The van der Waals surface area contributed by atoms with Gasteiger partial charge in [0.25, 0.3) is 0 Å². The van der Waals surface area contributed by atoms with Crippen LogP contribution in [0.2, 0.25) is 0 Å². The first-order valence-corrected chi connectivity index (χ1v) is 6.90. The number of carbonyl (C=O) groups excluding carboxylic acids is 1. The molecule has 0 unspecified atom stereocenters. The molecule has 122 valence electrons. The summed E-state index contributed by atoms with van der Waals surface area (Å²) in [6, 6.07) is 22.7. The van der Waals surface area contributed by atoms with E-state index in [-0.39, 0.29) is 0 Å². The van der Waals surface area contributed by atoms with Gasteiger partial charge in [0, 0.05) is 0 Å². The van der Waals surface area contributed by atoms with E-state index in [9.17, 15) is 4.79 Å². The van der Waals surface area contributed by atoms with Crippen LogP contribution in [0.1, 0.15) is 0 Å². The standard InChI is InChI=1S/C16H17N7O/c17-16(24)23-21-19-15-13-11-9-7-5-3-1-2-4-6-8-10-12-14-18-20-22-23/h1-15H,(H2,17,24). The molecule has 1 amide bonds. The topological polar surface area (TPSA) is 112 Å². The van der Waals surface area contributed by atoms with Crippen LogP contribution in [0, 0.1) is 0 Å². The van der Waals surface area contributed by atoms with Crippen LogP contribution >= 0.6 is 0 Å². The highest BCUT2D eigenvalue weighted by Gasteiger charge is 1.93. The molecular formula is C16H17N7O. The summed E-state index contributed by atoms with van der Waals surface area (Å²) < 4.78 is 0. The monoisotopic (exact) mass is 323 g/mol. The number of rotatable bonds is 0. The first kappa shape index (κ1) is 18.4. The molecule has 0 saturated heterocycles. The fourth-order valence-corrected chi connectivity index (χ4v) is 1.16. The van der Waals surface area contributed by atoms with Gasteiger partial charge in [-0.1, -0.05) is 71.5 Å². The maximum Gasteiger partial charge on any atom is 0.359 e. The number of nitrogens with zero attached hydrogens (tertiary/aromatic N) is 6. The number of hydrogen-bond acceptors (Lipinski definition) is 6. The lowest BCUT2D eigenvalue weighted by Crippen LogP contribution is -2.25. The molecule has 0 aliphatic carbocycles. The quantitative estimate of drug-likeness (QED) is 0.780. The molecule has 0 atom stereocenters. The van der Waals surface area contributed by atoms with Crippen LogP contribution in [0.5, 0.6) is 0 Å². The van der Waals surface area contributed by atoms with Gasteiger partial charge in [-0.05, 0) is 27.8 Å². The SMILES string of the molecule is NC(=O)n1nncccccccccccccccnnn1. The number of nitrogens with two attached hydrogens (primary N) is 1. The highest BCUT2D eigenvalue weighted by atomic mass is 16.2. The summed E-state index contributed by atoms with van der Waals surface area (Å²) in [6.07, 6.45) is 2.76. The Morgan fingerprint density at radius 3 is 1.50 bits per heavy atom. The molecule has 0 saturated carbocycles. The molecular weight excluding hydrogens is 306 g/mol. The molecule has 0 spiro atoms. The van der Waals surface area contributed by atoms with Crippen molar-refractivity contribution in [1.29, 1.82) is 0 Å². The van der Waals surface area contributed by atoms with Crippen molar-refractivity contribution in [2.45, 2.75) is 0 Å². The highest BCUT2D eigenvalue weighted by molar-refractivity contribution is 5.71. The Hall–Kier alpha value is -3.68. The molecule has 0 aliphatic rings. The van der Waals surface area contributed by atoms with Gasteiger partial charge in [-0.25, -0.2) is 4.79 Å². The lowest BCUT2D eigenvalue weighted by molar-refractivity contribution is 0.241. The van der Waals surface area contributed by atoms with Crippen LogP contribution in [0.3, 0.4) is 0 Å². The maximum absolute atomic E-state index is 11.1. The second-order valence-electron chi connectivity index (χ2n) is 3.93. The first-order valence-electron chi connectivity index (χ1n) is 6.90. The van der Waals surface area contributed by atoms with Crippen molar-refractivity contribution >= 4 is 6.03 Å². The molecule has 0 bridgehead atoms. The van der Waals surface area contributed by atoms with Crippen LogP contribution < -0.4 is 5.73 Å². The Morgan fingerprint density at radius 2 is 1.04 bits per heavy atom. The van der Waals surface area contributed by atoms with E-state index in [2.05, 4.69) is 25.8 Å². The van der Waals surface area contributed by atoms with E-state index >= 15 is 0 Å². The molecule has 0 radical (unpaired) electrons. The summed E-state index contributed by atoms with van der Waals surface area (Å²) in [4.78, 5) is 11.6. The van der Waals surface area contributed by atoms with Crippen molar-refractivity contribution in [3.05, 3.63) is 91.3 Å². The summed E-state index contributed by atoms with van der Waals surface area (Å²) >= 11 is 0. The van der Waals surface area contributed by atoms with E-state index in [4.69, 9.17) is 5.73 Å². The lowest BCUT2D eigenvalue weighted by Gasteiger charge is -1.86. The van der Waals surface area contributed by atoms with Crippen molar-refractivity contribution in [3.8, 4) is 0 Å². The minimum atomic E-state index is -0.931. The molecule has 0 aliphatic heterocycles. The Bertz CT molecular complexity index is 691. The molecule has 2 N–H and O–H groups in total. The van der Waals surface area contributed by atoms with Gasteiger partial charge in [0.15, 0.2) is 0 Å². The van der Waals surface area contributed by atoms with E-state index in [1.165, 1.54) is 12.4 Å². The molecule has 1 heterocycles. The largest absolute Gasteiger partial charge is 0.359 e. The summed E-state index contributed by atoms with van der Waals surface area (Å²) in [6.45, 7) is 0. The molecule has 0 aromatic carbocycles. The number of amides is 1. The van der Waals surface area contributed by atoms with Crippen LogP contribution in [0.15, 0.2) is 91.3 Å². The van der Waals surface area contributed by atoms with E-state index in [1.807, 2.05) is 54.6 Å². The van der Waals surface area contributed by atoms with Gasteiger partial charge in [0.2, 0.25) is 0 Å². The number of aromatic nitrogens is 6. The van der Waals surface area contributed by atoms with E-state index in [0.29, 0.717) is 4.80 Å². The molecule has 24 heavy (non-hydrogen) atoms. The Morgan fingerprint density at radius 1 is 0.625 bits per heavy atom. The average molecular weight is 323 g/mol. The summed E-state index contributed by atoms with van der Waals surface area (Å²) in [5.41, 5.74) is 5.08. The Kier molecular flexibility index (Phi) is 9.96. The normalized spacial score (nSPS) is 8.33. The number of carbonyl (C=O) groups is 1. The minimum Gasteiger partial charge on any atom is -0.348 e. The summed E-state index contributed by atoms with van der Waals surface area (Å²) in [5, 5.41) is 17.5. The van der Waals surface area contributed by atoms with Crippen molar-refractivity contribution in [3.63, 3.8) is 0 Å². The van der Waals surface area contributed by atoms with Crippen LogP contribution in [0.4, 0.5) is 4.79 Å². The number of primary amides is 1. The van der Waals surface area contributed by atoms with Gasteiger partial charge >= 0.3 is 6.03 Å². The van der Waals surface area contributed by atoms with Crippen molar-refractivity contribution in [1.82, 2.24) is 30.6 Å². The second-order valence-corrected chi connectivity index (χ2v) is 3.93. The van der Waals surface area contributed by atoms with Crippen molar-refractivity contribution in [2.24, 2.45) is 5.73 Å². The molecule has 8 heteroatoms. The second kappa shape index (κ2) is 13.0. The predicted molar refractivity (Wildman–Crippen MR) is 88.9 cm³/mol. The fourth-order valence-electron chi connectivity index (χ4n) is 1.16. The van der Waals surface area contributed by atoms with Crippen LogP contribution in [-0.4, -0.2) is 36.7 Å². The fraction of sp³-hybridized carbons (Fsp3) is 0. The minimum absolute atomic E-state index is 0.521. The third kappa shape index (κ3) is 10.1. The van der Waals surface area contributed by atoms with E-state index in [0.717, 1.165) is 0 Å². The van der Waals surface area contributed by atoms with E-state index < -0.39 is 6.03 Å². The van der Waals surface area contributed by atoms with Crippen molar-refractivity contribution < 1.29 is 4.79 Å². The number of hydrogen-bond donors (Lipinski definition) is 1. The zero-order valence-corrected chi connectivity index (χ0v) is 12.8. The van der Waals surface area contributed by atoms with Crippen LogP contribution in [-0.2, 0) is 0 Å². The third-order valence-electron chi connectivity index (χ3n) is 2.15. The highest BCUT2D eigenvalue weighted by Crippen LogP contribution is 1.78. The maximum atomic E-state index is 11.1. The van der Waals surface area contributed by atoms with Gasteiger partial charge in [-0.2, -0.15) is 0 Å². The molecule has 1 aromatic heterocycles. The van der Waals surface area contributed by atoms with Crippen molar-refractivity contribution in [2.75, 3.05) is 0 Å². The Labute approximate surface area is 139 Å². The van der Waals surface area contributed by atoms with Gasteiger partial charge < -0.3 is 5.73 Å². The van der Waals surface area contributed by atoms with E-state index in [1.54, 1.807) is 24.3 Å². The molecule has 1 rings (SSSR count). The van der Waals surface area contributed by atoms with Gasteiger partial charge in [-0.15, -0.1) is 10.2 Å². The summed E-state index contributed by atoms with van der Waals surface area (Å²) in [5.74, 6) is 0. The predicted octanol–water partition coefficient (Wildman–Crippen LogP) is 1.89. The smallest absolute Gasteiger partial charge is 0.348 e. The molecule has 8 nitrogen and oxygen atoms in total. The third-order valence-corrected chi connectivity index (χ3v) is 2.15. The van der Waals surface area contributed by atoms with Gasteiger partial charge in [0.05, 0.1) is 12.4 Å². The zero-order valence-electron chi connectivity index (χ0n) is 12.8. The average Bonchev–Trinajstić information content (AvgIpc) is 2.57. The van der Waals surface area contributed by atoms with Crippen LogP contribution in [0.25, 0.3) is 0 Å². The molecule has 0 fully saturated rings. The molecule has 1 aromatic rings. The first-order chi connectivity index (χ1) is 11.8. The lowest BCUT2D eigenvalue weighted by atomic mass is 10.4. The summed E-state index contributed by atoms with van der Waals surface area (Å²) in [7, 11) is 0. The zero-order chi connectivity index (χ0) is 17.3.